The lowest BCUT2D eigenvalue weighted by Gasteiger charge is -2.31. The molecule has 20 heavy (non-hydrogen) atoms. The number of fused-ring (bicyclic) bond motifs is 1. The first-order valence-corrected chi connectivity index (χ1v) is 7.05. The lowest BCUT2D eigenvalue weighted by Crippen LogP contribution is -2.32. The van der Waals surface area contributed by atoms with Crippen LogP contribution < -0.4 is 0 Å². The molecule has 112 valence electrons. The van der Waals surface area contributed by atoms with E-state index in [1.54, 1.807) is 14.1 Å². The van der Waals surface area contributed by atoms with Crippen molar-refractivity contribution in [1.29, 1.82) is 0 Å². The first-order valence-electron chi connectivity index (χ1n) is 7.05. The summed E-state index contributed by atoms with van der Waals surface area (Å²) in [5.74, 6) is 0. The van der Waals surface area contributed by atoms with Crippen molar-refractivity contribution in [3.8, 4) is 0 Å². The van der Waals surface area contributed by atoms with Gasteiger partial charge < -0.3 is 9.64 Å². The summed E-state index contributed by atoms with van der Waals surface area (Å²) in [6.45, 7) is 1.15. The van der Waals surface area contributed by atoms with E-state index >= 15 is 0 Å². The van der Waals surface area contributed by atoms with Crippen LogP contribution in [0.3, 0.4) is 0 Å². The number of carbonyl (C=O) groups excluding carboxylic acids is 1. The predicted octanol–water partition coefficient (Wildman–Crippen LogP) is 1.43. The zero-order valence-corrected chi connectivity index (χ0v) is 12.8. The minimum atomic E-state index is -0.288. The standard InChI is InChI=1S/C14H24N4O2/c1-16(2)14(19)20-9-8-17(3)12-6-5-7-13-11(12)10-15-18(13)4/h10,12H,5-9H2,1-4H3/t12-/m1/s1. The van der Waals surface area contributed by atoms with Crippen LogP contribution in [-0.2, 0) is 18.2 Å². The highest BCUT2D eigenvalue weighted by Gasteiger charge is 2.26. The molecule has 0 N–H and O–H groups in total. The highest BCUT2D eigenvalue weighted by Crippen LogP contribution is 2.32. The van der Waals surface area contributed by atoms with E-state index in [1.807, 2.05) is 17.9 Å². The van der Waals surface area contributed by atoms with Gasteiger partial charge in [0.05, 0.1) is 6.20 Å². The first kappa shape index (κ1) is 14.8. The fourth-order valence-electron chi connectivity index (χ4n) is 2.70. The Kier molecular flexibility index (Phi) is 4.65. The molecule has 0 unspecified atom stereocenters. The summed E-state index contributed by atoms with van der Waals surface area (Å²) in [5.41, 5.74) is 2.65. The topological polar surface area (TPSA) is 50.6 Å². The maximum atomic E-state index is 11.4. The lowest BCUT2D eigenvalue weighted by atomic mass is 9.92. The Morgan fingerprint density at radius 1 is 1.50 bits per heavy atom. The SMILES string of the molecule is CN(C)C(=O)OCCN(C)[C@@H]1CCCc2c1cnn2C. The van der Waals surface area contributed by atoms with E-state index in [0.717, 1.165) is 19.4 Å². The Morgan fingerprint density at radius 3 is 2.95 bits per heavy atom. The highest BCUT2D eigenvalue weighted by molar-refractivity contribution is 5.66. The van der Waals surface area contributed by atoms with Gasteiger partial charge in [0.1, 0.15) is 6.61 Å². The van der Waals surface area contributed by atoms with E-state index in [2.05, 4.69) is 17.0 Å². The zero-order chi connectivity index (χ0) is 14.7. The number of carbonyl (C=O) groups is 1. The summed E-state index contributed by atoms with van der Waals surface area (Å²) in [4.78, 5) is 15.1. The van der Waals surface area contributed by atoms with Crippen LogP contribution in [0, 0.1) is 0 Å². The second-order valence-electron chi connectivity index (χ2n) is 5.57. The van der Waals surface area contributed by atoms with E-state index < -0.39 is 0 Å². The molecule has 0 fully saturated rings. The smallest absolute Gasteiger partial charge is 0.409 e. The van der Waals surface area contributed by atoms with Crippen LogP contribution in [0.25, 0.3) is 0 Å². The molecular weight excluding hydrogens is 256 g/mol. The molecule has 0 saturated heterocycles. The van der Waals surface area contributed by atoms with Crippen LogP contribution >= 0.6 is 0 Å². The van der Waals surface area contributed by atoms with Crippen LogP contribution in [0.15, 0.2) is 6.20 Å². The molecule has 0 aliphatic heterocycles. The van der Waals surface area contributed by atoms with Gasteiger partial charge in [0.2, 0.25) is 0 Å². The number of likely N-dealkylation sites (N-methyl/N-ethyl adjacent to an activating group) is 1. The number of amides is 1. The average Bonchev–Trinajstić information content (AvgIpc) is 2.80. The van der Waals surface area contributed by atoms with Crippen molar-refractivity contribution < 1.29 is 9.53 Å². The summed E-state index contributed by atoms with van der Waals surface area (Å²) in [6, 6.07) is 0.380. The van der Waals surface area contributed by atoms with E-state index in [1.165, 1.54) is 22.6 Å². The van der Waals surface area contributed by atoms with Gasteiger partial charge in [0.15, 0.2) is 0 Å². The van der Waals surface area contributed by atoms with E-state index in [-0.39, 0.29) is 6.09 Å². The van der Waals surface area contributed by atoms with Gasteiger partial charge in [0, 0.05) is 45.0 Å². The third-order valence-electron chi connectivity index (χ3n) is 3.91. The Labute approximate surface area is 120 Å². The monoisotopic (exact) mass is 280 g/mol. The predicted molar refractivity (Wildman–Crippen MR) is 76.6 cm³/mol. The minimum absolute atomic E-state index is 0.288. The molecule has 1 amide bonds. The molecule has 0 saturated carbocycles. The number of aromatic nitrogens is 2. The lowest BCUT2D eigenvalue weighted by molar-refractivity contribution is 0.0981. The maximum absolute atomic E-state index is 11.4. The number of ether oxygens (including phenoxy) is 1. The quantitative estimate of drug-likeness (QED) is 0.837. The number of hydrogen-bond acceptors (Lipinski definition) is 4. The van der Waals surface area contributed by atoms with Gasteiger partial charge in [-0.1, -0.05) is 0 Å². The van der Waals surface area contributed by atoms with E-state index in [9.17, 15) is 4.79 Å². The van der Waals surface area contributed by atoms with Gasteiger partial charge in [-0.15, -0.1) is 0 Å². The van der Waals surface area contributed by atoms with Gasteiger partial charge >= 0.3 is 6.09 Å². The summed E-state index contributed by atoms with van der Waals surface area (Å²) < 4.78 is 7.16. The molecule has 6 nitrogen and oxygen atoms in total. The molecule has 0 aromatic carbocycles. The molecule has 1 heterocycles. The summed E-state index contributed by atoms with van der Waals surface area (Å²) >= 11 is 0. The molecule has 0 bridgehead atoms. The van der Waals surface area contributed by atoms with Gasteiger partial charge in [-0.05, 0) is 26.3 Å². The van der Waals surface area contributed by atoms with Crippen LogP contribution in [0.1, 0.15) is 30.1 Å². The zero-order valence-electron chi connectivity index (χ0n) is 12.8. The molecule has 6 heteroatoms. The molecule has 0 radical (unpaired) electrons. The van der Waals surface area contributed by atoms with Crippen molar-refractivity contribution in [2.45, 2.75) is 25.3 Å². The second-order valence-corrected chi connectivity index (χ2v) is 5.57. The second kappa shape index (κ2) is 6.26. The van der Waals surface area contributed by atoms with Crippen LogP contribution in [0.4, 0.5) is 4.79 Å². The third-order valence-corrected chi connectivity index (χ3v) is 3.91. The van der Waals surface area contributed by atoms with Gasteiger partial charge in [0.25, 0.3) is 0 Å². The van der Waals surface area contributed by atoms with Gasteiger partial charge in [-0.25, -0.2) is 4.79 Å². The van der Waals surface area contributed by atoms with Crippen LogP contribution in [0.2, 0.25) is 0 Å². The Hall–Kier alpha value is -1.56. The summed E-state index contributed by atoms with van der Waals surface area (Å²) in [6.07, 6.45) is 5.10. The van der Waals surface area contributed by atoms with Crippen molar-refractivity contribution in [1.82, 2.24) is 19.6 Å². The molecule has 2 rings (SSSR count). The average molecular weight is 280 g/mol. The number of hydrogen-bond donors (Lipinski definition) is 0. The van der Waals surface area contributed by atoms with E-state index in [4.69, 9.17) is 4.74 Å². The Bertz CT molecular complexity index is 470. The van der Waals surface area contributed by atoms with Crippen molar-refractivity contribution in [3.63, 3.8) is 0 Å². The highest BCUT2D eigenvalue weighted by atomic mass is 16.6. The van der Waals surface area contributed by atoms with Crippen molar-refractivity contribution in [3.05, 3.63) is 17.5 Å². The number of aryl methyl sites for hydroxylation is 1. The molecule has 1 aromatic heterocycles. The van der Waals surface area contributed by atoms with E-state index in [0.29, 0.717) is 12.6 Å². The van der Waals surface area contributed by atoms with Gasteiger partial charge in [-0.2, -0.15) is 5.10 Å². The summed E-state index contributed by atoms with van der Waals surface area (Å²) in [7, 11) is 7.46. The molecule has 1 aromatic rings. The molecule has 0 spiro atoms. The first-order chi connectivity index (χ1) is 9.50. The largest absolute Gasteiger partial charge is 0.448 e. The molecule has 1 aliphatic carbocycles. The van der Waals surface area contributed by atoms with Crippen molar-refractivity contribution in [2.75, 3.05) is 34.3 Å². The van der Waals surface area contributed by atoms with Crippen LogP contribution in [0.5, 0.6) is 0 Å². The molecule has 1 atom stereocenters. The fourth-order valence-corrected chi connectivity index (χ4v) is 2.70. The third kappa shape index (κ3) is 3.12. The van der Waals surface area contributed by atoms with Gasteiger partial charge in [-0.3, -0.25) is 9.58 Å². The number of nitrogens with zero attached hydrogens (tertiary/aromatic N) is 4. The number of rotatable bonds is 4. The summed E-state index contributed by atoms with van der Waals surface area (Å²) in [5, 5.41) is 4.36. The fraction of sp³-hybridized carbons (Fsp3) is 0.714. The minimum Gasteiger partial charge on any atom is -0.448 e. The van der Waals surface area contributed by atoms with Crippen LogP contribution in [-0.4, -0.2) is 60.0 Å². The molecular formula is C14H24N4O2. The normalized spacial score (nSPS) is 17.9. The Balaban J connectivity index is 1.90. The van der Waals surface area contributed by atoms with Crippen molar-refractivity contribution >= 4 is 6.09 Å². The maximum Gasteiger partial charge on any atom is 0.409 e. The Morgan fingerprint density at radius 2 is 2.25 bits per heavy atom. The van der Waals surface area contributed by atoms with Crippen molar-refractivity contribution in [2.24, 2.45) is 7.05 Å². The molecule has 1 aliphatic rings.